The second-order valence-corrected chi connectivity index (χ2v) is 7.57. The number of alkyl halides is 2. The predicted molar refractivity (Wildman–Crippen MR) is 99.5 cm³/mol. The van der Waals surface area contributed by atoms with Crippen LogP contribution in [0.1, 0.15) is 5.69 Å². The number of anilines is 1. The first-order valence-electron chi connectivity index (χ1n) is 8.26. The Morgan fingerprint density at radius 3 is 2.59 bits per heavy atom. The van der Waals surface area contributed by atoms with E-state index in [-0.39, 0.29) is 16.5 Å². The van der Waals surface area contributed by atoms with Gasteiger partial charge in [0.1, 0.15) is 5.69 Å². The number of sulfonamides is 1. The fourth-order valence-corrected chi connectivity index (χ4v) is 3.86. The van der Waals surface area contributed by atoms with Gasteiger partial charge in [-0.25, -0.2) is 21.6 Å². The van der Waals surface area contributed by atoms with E-state index in [1.807, 2.05) is 0 Å². The fourth-order valence-electron chi connectivity index (χ4n) is 2.59. The number of halogens is 3. The Balaban J connectivity index is 2.00. The van der Waals surface area contributed by atoms with Crippen molar-refractivity contribution < 1.29 is 31.1 Å². The first-order valence-corrected chi connectivity index (χ1v) is 9.74. The zero-order valence-electron chi connectivity index (χ0n) is 15.3. The molecule has 2 heterocycles. The van der Waals surface area contributed by atoms with Gasteiger partial charge in [0.2, 0.25) is 5.88 Å². The molecule has 1 aromatic carbocycles. The Kier molecular flexibility index (Phi) is 5.78. The fraction of sp³-hybridized carbons (Fsp3) is 0.222. The number of fused-ring (bicyclic) bond motifs is 1. The molecule has 7 nitrogen and oxygen atoms in total. The van der Waals surface area contributed by atoms with Crippen LogP contribution in [0.2, 0.25) is 0 Å². The minimum atomic E-state index is -4.18. The van der Waals surface area contributed by atoms with E-state index in [2.05, 4.69) is 19.4 Å². The molecule has 3 aromatic rings. The van der Waals surface area contributed by atoms with Gasteiger partial charge in [0, 0.05) is 17.1 Å². The number of nitrogens with one attached hydrogen (secondary N) is 1. The highest BCUT2D eigenvalue weighted by atomic mass is 32.2. The number of nitrogens with zero attached hydrogens (tertiary/aromatic N) is 2. The lowest BCUT2D eigenvalue weighted by atomic mass is 10.2. The summed E-state index contributed by atoms with van der Waals surface area (Å²) in [7, 11) is -3.01. The van der Waals surface area contributed by atoms with Crippen molar-refractivity contribution in [3.05, 3.63) is 47.9 Å². The summed E-state index contributed by atoms with van der Waals surface area (Å²) >= 11 is 0. The minimum Gasteiger partial charge on any atom is -0.479 e. The zero-order valence-corrected chi connectivity index (χ0v) is 16.1. The number of aromatic nitrogens is 2. The number of hydrogen-bond donors (Lipinski definition) is 1. The highest BCUT2D eigenvalue weighted by Crippen LogP contribution is 2.31. The van der Waals surface area contributed by atoms with Crippen LogP contribution >= 0.6 is 0 Å². The van der Waals surface area contributed by atoms with Gasteiger partial charge in [-0.2, -0.15) is 4.98 Å². The van der Waals surface area contributed by atoms with Gasteiger partial charge in [-0.15, -0.1) is 0 Å². The average Bonchev–Trinajstić information content (AvgIpc) is 2.66. The molecule has 0 unspecified atom stereocenters. The maximum atomic E-state index is 14.2. The molecule has 154 valence electrons. The second-order valence-electron chi connectivity index (χ2n) is 5.92. The van der Waals surface area contributed by atoms with Crippen molar-refractivity contribution in [2.45, 2.75) is 18.2 Å². The molecule has 0 bridgehead atoms. The van der Waals surface area contributed by atoms with E-state index in [0.29, 0.717) is 16.6 Å². The molecule has 0 fully saturated rings. The Labute approximate surface area is 164 Å². The van der Waals surface area contributed by atoms with E-state index in [4.69, 9.17) is 4.74 Å². The second kappa shape index (κ2) is 8.11. The third kappa shape index (κ3) is 4.50. The summed E-state index contributed by atoms with van der Waals surface area (Å²) in [6.07, 6.45) is -2.83. The molecule has 29 heavy (non-hydrogen) atoms. The zero-order chi connectivity index (χ0) is 21.2. The van der Waals surface area contributed by atoms with Gasteiger partial charge in [-0.3, -0.25) is 9.71 Å². The predicted octanol–water partition coefficient (Wildman–Crippen LogP) is 3.53. The van der Waals surface area contributed by atoms with E-state index in [1.165, 1.54) is 19.2 Å². The molecular formula is C18H16F3N3O4S. The van der Waals surface area contributed by atoms with E-state index in [9.17, 15) is 21.6 Å². The molecular weight excluding hydrogens is 411 g/mol. The third-order valence-corrected chi connectivity index (χ3v) is 5.24. The lowest BCUT2D eigenvalue weighted by Gasteiger charge is -2.14. The quantitative estimate of drug-likeness (QED) is 0.620. The van der Waals surface area contributed by atoms with Crippen molar-refractivity contribution >= 4 is 26.6 Å². The molecule has 0 aliphatic rings. The van der Waals surface area contributed by atoms with Gasteiger partial charge in [0.05, 0.1) is 17.5 Å². The van der Waals surface area contributed by atoms with Crippen LogP contribution in [0.15, 0.2) is 41.3 Å². The molecule has 0 aliphatic carbocycles. The van der Waals surface area contributed by atoms with E-state index in [1.54, 1.807) is 25.1 Å². The number of pyridine rings is 2. The van der Waals surface area contributed by atoms with Crippen LogP contribution in [0.3, 0.4) is 0 Å². The Hall–Kier alpha value is -3.08. The smallest absolute Gasteiger partial charge is 0.272 e. The molecule has 0 atom stereocenters. The summed E-state index contributed by atoms with van der Waals surface area (Å²) in [5.74, 6) is -2.19. The molecule has 0 saturated carbocycles. The van der Waals surface area contributed by atoms with Gasteiger partial charge in [0.15, 0.2) is 12.4 Å². The van der Waals surface area contributed by atoms with Crippen LogP contribution in [-0.2, 0) is 10.0 Å². The van der Waals surface area contributed by atoms with E-state index < -0.39 is 34.8 Å². The Morgan fingerprint density at radius 2 is 1.90 bits per heavy atom. The summed E-state index contributed by atoms with van der Waals surface area (Å²) < 4.78 is 76.2. The molecule has 0 radical (unpaired) electrons. The van der Waals surface area contributed by atoms with Crippen molar-refractivity contribution in [1.82, 2.24) is 9.97 Å². The molecule has 2 aromatic heterocycles. The molecule has 3 rings (SSSR count). The molecule has 11 heteroatoms. The van der Waals surface area contributed by atoms with Crippen molar-refractivity contribution in [2.24, 2.45) is 0 Å². The van der Waals surface area contributed by atoms with Gasteiger partial charge < -0.3 is 9.47 Å². The standard InChI is InChI=1S/C18H16F3N3O4S/c1-10-6-7-11-13(22-10)4-3-5-15(11)29(25,26)24-14-8-12(19)17(23-18(14)27-2)28-9-16(20)21/h3-8,16,24H,9H2,1-2H3. The molecule has 0 amide bonds. The van der Waals surface area contributed by atoms with E-state index >= 15 is 0 Å². The Morgan fingerprint density at radius 1 is 1.14 bits per heavy atom. The van der Waals surface area contributed by atoms with Gasteiger partial charge in [-0.1, -0.05) is 6.07 Å². The summed E-state index contributed by atoms with van der Waals surface area (Å²) in [6.45, 7) is 0.705. The topological polar surface area (TPSA) is 90.4 Å². The maximum absolute atomic E-state index is 14.2. The van der Waals surface area contributed by atoms with Crippen LogP contribution in [-0.4, -0.2) is 38.5 Å². The van der Waals surface area contributed by atoms with Crippen LogP contribution in [0, 0.1) is 12.7 Å². The number of hydrogen-bond acceptors (Lipinski definition) is 6. The van der Waals surface area contributed by atoms with Gasteiger partial charge >= 0.3 is 0 Å². The lowest BCUT2D eigenvalue weighted by molar-refractivity contribution is 0.0770. The normalized spacial score (nSPS) is 11.7. The first-order chi connectivity index (χ1) is 13.7. The molecule has 0 aliphatic heterocycles. The number of ether oxygens (including phenoxy) is 2. The number of rotatable bonds is 7. The SMILES string of the molecule is COc1nc(OCC(F)F)c(F)cc1NS(=O)(=O)c1cccc2nc(C)ccc12. The lowest BCUT2D eigenvalue weighted by Crippen LogP contribution is -2.16. The highest BCUT2D eigenvalue weighted by molar-refractivity contribution is 7.93. The number of aryl methyl sites for hydroxylation is 1. The van der Waals surface area contributed by atoms with Crippen molar-refractivity contribution in [2.75, 3.05) is 18.4 Å². The summed E-state index contributed by atoms with van der Waals surface area (Å²) in [5, 5.41) is 0.370. The summed E-state index contributed by atoms with van der Waals surface area (Å²) in [6, 6.07) is 8.59. The van der Waals surface area contributed by atoms with Crippen LogP contribution < -0.4 is 14.2 Å². The largest absolute Gasteiger partial charge is 0.479 e. The summed E-state index contributed by atoms with van der Waals surface area (Å²) in [4.78, 5) is 7.83. The maximum Gasteiger partial charge on any atom is 0.272 e. The Bertz CT molecular complexity index is 1160. The van der Waals surface area contributed by atoms with Crippen LogP contribution in [0.5, 0.6) is 11.8 Å². The van der Waals surface area contributed by atoms with Crippen molar-refractivity contribution in [3.8, 4) is 11.8 Å². The molecule has 0 spiro atoms. The molecule has 1 N–H and O–H groups in total. The monoisotopic (exact) mass is 427 g/mol. The van der Waals surface area contributed by atoms with Crippen LogP contribution in [0.25, 0.3) is 10.9 Å². The first kappa shape index (κ1) is 20.6. The highest BCUT2D eigenvalue weighted by Gasteiger charge is 2.23. The van der Waals surface area contributed by atoms with Crippen molar-refractivity contribution in [3.63, 3.8) is 0 Å². The minimum absolute atomic E-state index is 0.0806. The number of methoxy groups -OCH3 is 1. The third-order valence-electron chi connectivity index (χ3n) is 3.81. The van der Waals surface area contributed by atoms with Gasteiger partial charge in [0.25, 0.3) is 22.3 Å². The van der Waals surface area contributed by atoms with Gasteiger partial charge in [-0.05, 0) is 31.2 Å². The van der Waals surface area contributed by atoms with Crippen molar-refractivity contribution in [1.29, 1.82) is 0 Å². The number of benzene rings is 1. The van der Waals surface area contributed by atoms with E-state index in [0.717, 1.165) is 6.07 Å². The van der Waals surface area contributed by atoms with Crippen LogP contribution in [0.4, 0.5) is 18.9 Å². The molecule has 0 saturated heterocycles. The average molecular weight is 427 g/mol. The summed E-state index contributed by atoms with van der Waals surface area (Å²) in [5.41, 5.74) is 0.874.